The molecule has 0 radical (unpaired) electrons. The van der Waals surface area contributed by atoms with E-state index in [4.69, 9.17) is 11.6 Å². The first kappa shape index (κ1) is 18.0. The molecule has 4 nitrogen and oxygen atoms in total. The number of nitrogens with one attached hydrogen (secondary N) is 1. The van der Waals surface area contributed by atoms with Gasteiger partial charge in [0.1, 0.15) is 11.4 Å². The highest BCUT2D eigenvalue weighted by Gasteiger charge is 2.34. The fourth-order valence-electron chi connectivity index (χ4n) is 2.05. The number of anilines is 1. The molecular formula is C15H9ClF3N3OS2. The highest BCUT2D eigenvalue weighted by Crippen LogP contribution is 2.36. The summed E-state index contributed by atoms with van der Waals surface area (Å²) in [6.45, 7) is 0. The van der Waals surface area contributed by atoms with E-state index < -0.39 is 17.6 Å². The van der Waals surface area contributed by atoms with Crippen molar-refractivity contribution in [3.63, 3.8) is 0 Å². The van der Waals surface area contributed by atoms with Gasteiger partial charge in [0.15, 0.2) is 0 Å². The lowest BCUT2D eigenvalue weighted by molar-refractivity contribution is -0.137. The van der Waals surface area contributed by atoms with Crippen LogP contribution in [0.4, 0.5) is 18.9 Å². The van der Waals surface area contributed by atoms with Crippen molar-refractivity contribution in [2.75, 3.05) is 11.1 Å². The van der Waals surface area contributed by atoms with Gasteiger partial charge in [-0.25, -0.2) is 9.97 Å². The Balaban J connectivity index is 1.72. The fraction of sp³-hybridized carbons (Fsp3) is 0.133. The Morgan fingerprint density at radius 2 is 2.08 bits per heavy atom. The molecule has 3 rings (SSSR count). The van der Waals surface area contributed by atoms with Crippen LogP contribution in [0.15, 0.2) is 41.0 Å². The van der Waals surface area contributed by atoms with Gasteiger partial charge in [-0.2, -0.15) is 13.2 Å². The summed E-state index contributed by atoms with van der Waals surface area (Å²) in [7, 11) is 0. The summed E-state index contributed by atoms with van der Waals surface area (Å²) < 4.78 is 39.9. The molecule has 0 aliphatic rings. The molecular weight excluding hydrogens is 395 g/mol. The largest absolute Gasteiger partial charge is 0.418 e. The Bertz CT molecular complexity index is 930. The molecule has 0 aliphatic heterocycles. The van der Waals surface area contributed by atoms with Gasteiger partial charge in [0.25, 0.3) is 0 Å². The molecule has 3 aromatic rings. The Labute approximate surface area is 153 Å². The topological polar surface area (TPSA) is 54.9 Å². The van der Waals surface area contributed by atoms with Gasteiger partial charge >= 0.3 is 6.18 Å². The number of benzene rings is 1. The number of alkyl halides is 3. The van der Waals surface area contributed by atoms with Crippen molar-refractivity contribution in [1.29, 1.82) is 0 Å². The minimum absolute atomic E-state index is 0.0548. The van der Waals surface area contributed by atoms with Crippen molar-refractivity contribution in [1.82, 2.24) is 9.97 Å². The van der Waals surface area contributed by atoms with E-state index in [9.17, 15) is 18.0 Å². The molecule has 0 saturated carbocycles. The molecule has 2 heterocycles. The van der Waals surface area contributed by atoms with Gasteiger partial charge in [-0.15, -0.1) is 11.3 Å². The summed E-state index contributed by atoms with van der Waals surface area (Å²) in [6, 6.07) is 5.04. The molecule has 130 valence electrons. The number of fused-ring (bicyclic) bond motifs is 1. The normalized spacial score (nSPS) is 11.7. The Kier molecular flexibility index (Phi) is 5.16. The number of amides is 1. The zero-order valence-corrected chi connectivity index (χ0v) is 14.7. The molecule has 1 N–H and O–H groups in total. The standard InChI is InChI=1S/C15H9ClF3N3OS2/c16-8-1-2-10(9(5-8)15(17,18)19)22-12(23)6-25-14-13-11(3-4-24-13)20-7-21-14/h1-5,7H,6H2,(H,22,23). The number of thiophene rings is 1. The van der Waals surface area contributed by atoms with Crippen LogP contribution in [0.3, 0.4) is 0 Å². The van der Waals surface area contributed by atoms with E-state index in [1.165, 1.54) is 23.7 Å². The van der Waals surface area contributed by atoms with Crippen LogP contribution < -0.4 is 5.32 Å². The van der Waals surface area contributed by atoms with E-state index in [0.29, 0.717) is 5.03 Å². The lowest BCUT2D eigenvalue weighted by Gasteiger charge is -2.14. The van der Waals surface area contributed by atoms with E-state index in [2.05, 4.69) is 15.3 Å². The van der Waals surface area contributed by atoms with E-state index in [-0.39, 0.29) is 16.5 Å². The second kappa shape index (κ2) is 7.19. The number of aromatic nitrogens is 2. The summed E-state index contributed by atoms with van der Waals surface area (Å²) in [5, 5.41) is 4.69. The van der Waals surface area contributed by atoms with E-state index in [1.807, 2.05) is 11.4 Å². The molecule has 25 heavy (non-hydrogen) atoms. The SMILES string of the molecule is O=C(CSc1ncnc2ccsc12)Nc1ccc(Cl)cc1C(F)(F)F. The predicted octanol–water partition coefficient (Wildman–Crippen LogP) is 5.09. The first-order chi connectivity index (χ1) is 11.8. The van der Waals surface area contributed by atoms with Gasteiger partial charge in [-0.3, -0.25) is 4.79 Å². The van der Waals surface area contributed by atoms with Crippen LogP contribution in [0.25, 0.3) is 10.2 Å². The molecule has 0 saturated heterocycles. The maximum absolute atomic E-state index is 13.0. The second-order valence-electron chi connectivity index (χ2n) is 4.84. The number of nitrogens with zero attached hydrogens (tertiary/aromatic N) is 2. The van der Waals surface area contributed by atoms with Crippen LogP contribution in [0.1, 0.15) is 5.56 Å². The molecule has 0 spiro atoms. The van der Waals surface area contributed by atoms with E-state index in [1.54, 1.807) is 0 Å². The minimum Gasteiger partial charge on any atom is -0.325 e. The van der Waals surface area contributed by atoms with Crippen molar-refractivity contribution in [3.8, 4) is 0 Å². The number of hydrogen-bond acceptors (Lipinski definition) is 5. The van der Waals surface area contributed by atoms with Crippen LogP contribution >= 0.6 is 34.7 Å². The van der Waals surface area contributed by atoms with Crippen LogP contribution in [-0.2, 0) is 11.0 Å². The van der Waals surface area contributed by atoms with Gasteiger partial charge in [0.2, 0.25) is 5.91 Å². The maximum Gasteiger partial charge on any atom is 0.418 e. The zero-order valence-electron chi connectivity index (χ0n) is 12.3. The zero-order chi connectivity index (χ0) is 18.0. The lowest BCUT2D eigenvalue weighted by atomic mass is 10.1. The maximum atomic E-state index is 13.0. The quantitative estimate of drug-likeness (QED) is 0.486. The second-order valence-corrected chi connectivity index (χ2v) is 7.15. The molecule has 1 aromatic carbocycles. The third-order valence-electron chi connectivity index (χ3n) is 3.11. The van der Waals surface area contributed by atoms with E-state index in [0.717, 1.165) is 34.1 Å². The number of thioether (sulfide) groups is 1. The van der Waals surface area contributed by atoms with Crippen molar-refractivity contribution in [2.24, 2.45) is 0 Å². The highest BCUT2D eigenvalue weighted by molar-refractivity contribution is 8.00. The van der Waals surface area contributed by atoms with Crippen molar-refractivity contribution in [2.45, 2.75) is 11.2 Å². The predicted molar refractivity (Wildman–Crippen MR) is 93.2 cm³/mol. The van der Waals surface area contributed by atoms with Crippen molar-refractivity contribution < 1.29 is 18.0 Å². The summed E-state index contributed by atoms with van der Waals surface area (Å²) in [5.74, 6) is -0.648. The first-order valence-electron chi connectivity index (χ1n) is 6.82. The minimum atomic E-state index is -4.61. The van der Waals surface area contributed by atoms with E-state index >= 15 is 0 Å². The Hall–Kier alpha value is -1.84. The summed E-state index contributed by atoms with van der Waals surface area (Å²) in [4.78, 5) is 20.3. The van der Waals surface area contributed by atoms with Gasteiger partial charge in [0, 0.05) is 5.02 Å². The van der Waals surface area contributed by atoms with Crippen LogP contribution in [0, 0.1) is 0 Å². The summed E-state index contributed by atoms with van der Waals surface area (Å²) >= 11 is 8.19. The highest BCUT2D eigenvalue weighted by atomic mass is 35.5. The molecule has 1 amide bonds. The molecule has 0 atom stereocenters. The Morgan fingerprint density at radius 3 is 2.84 bits per heavy atom. The summed E-state index contributed by atoms with van der Waals surface area (Å²) in [6.07, 6.45) is -3.23. The average molecular weight is 404 g/mol. The van der Waals surface area contributed by atoms with Crippen LogP contribution in [0.5, 0.6) is 0 Å². The van der Waals surface area contributed by atoms with Gasteiger partial charge < -0.3 is 5.32 Å². The third kappa shape index (κ3) is 4.23. The van der Waals surface area contributed by atoms with Crippen molar-refractivity contribution >= 4 is 56.5 Å². The number of carbonyl (C=O) groups excluding carboxylic acids is 1. The van der Waals surface area contributed by atoms with Crippen LogP contribution in [0.2, 0.25) is 5.02 Å². The summed E-state index contributed by atoms with van der Waals surface area (Å²) in [5.41, 5.74) is -0.549. The average Bonchev–Trinajstić information content (AvgIpc) is 3.03. The molecule has 0 fully saturated rings. The molecule has 0 aliphatic carbocycles. The van der Waals surface area contributed by atoms with Gasteiger partial charge in [0.05, 0.1) is 27.2 Å². The van der Waals surface area contributed by atoms with Gasteiger partial charge in [-0.1, -0.05) is 23.4 Å². The lowest BCUT2D eigenvalue weighted by Crippen LogP contribution is -2.18. The molecule has 2 aromatic heterocycles. The molecule has 0 bridgehead atoms. The van der Waals surface area contributed by atoms with Gasteiger partial charge in [-0.05, 0) is 29.6 Å². The van der Waals surface area contributed by atoms with Crippen LogP contribution in [-0.4, -0.2) is 21.6 Å². The molecule has 10 heteroatoms. The third-order valence-corrected chi connectivity index (χ3v) is 5.38. The number of halogens is 4. The molecule has 0 unspecified atom stereocenters. The Morgan fingerprint density at radius 1 is 1.28 bits per heavy atom. The number of hydrogen-bond donors (Lipinski definition) is 1. The number of rotatable bonds is 4. The number of carbonyl (C=O) groups is 1. The van der Waals surface area contributed by atoms with Crippen molar-refractivity contribution in [3.05, 3.63) is 46.6 Å². The monoisotopic (exact) mass is 403 g/mol. The first-order valence-corrected chi connectivity index (χ1v) is 9.06. The smallest absolute Gasteiger partial charge is 0.325 e. The fourth-order valence-corrected chi connectivity index (χ4v) is 3.97.